The lowest BCUT2D eigenvalue weighted by Gasteiger charge is -2.08. The molecule has 3 N–H and O–H groups in total. The Morgan fingerprint density at radius 1 is 1.33 bits per heavy atom. The van der Waals surface area contributed by atoms with Gasteiger partial charge in [-0.25, -0.2) is 9.97 Å². The number of pyridine rings is 2. The van der Waals surface area contributed by atoms with Crippen molar-refractivity contribution in [3.05, 3.63) is 45.7 Å². The molecule has 0 fully saturated rings. The molecule has 0 saturated heterocycles. The van der Waals surface area contributed by atoms with Crippen LogP contribution in [0.15, 0.2) is 28.7 Å². The number of nitrogen functional groups attached to an aromatic ring is 1. The van der Waals surface area contributed by atoms with Gasteiger partial charge >= 0.3 is 0 Å². The number of hydrogen-bond donors (Lipinski definition) is 2. The first-order chi connectivity index (χ1) is 9.99. The molecule has 0 spiro atoms. The number of aryl methyl sites for hydroxylation is 2. The standard InChI is InChI=1S/C15H17BrN4O/c1-3-4-11-7-10(8-13(17)19-11)15(21)20-14-6-5-12(16)9(2)18-14/h5-8H,3-4H2,1-2H3,(H2,17,19)(H,18,20,21). The van der Waals surface area contributed by atoms with Crippen LogP contribution >= 0.6 is 15.9 Å². The Balaban J connectivity index is 2.21. The lowest BCUT2D eigenvalue weighted by molar-refractivity contribution is 0.102. The quantitative estimate of drug-likeness (QED) is 0.887. The van der Waals surface area contributed by atoms with E-state index in [9.17, 15) is 4.79 Å². The zero-order chi connectivity index (χ0) is 15.4. The molecule has 0 radical (unpaired) electrons. The first-order valence-corrected chi connectivity index (χ1v) is 7.50. The molecule has 0 aliphatic heterocycles. The molecular weight excluding hydrogens is 332 g/mol. The monoisotopic (exact) mass is 348 g/mol. The smallest absolute Gasteiger partial charge is 0.257 e. The lowest BCUT2D eigenvalue weighted by atomic mass is 10.1. The minimum Gasteiger partial charge on any atom is -0.384 e. The molecule has 2 rings (SSSR count). The second-order valence-corrected chi connectivity index (χ2v) is 5.59. The van der Waals surface area contributed by atoms with Crippen LogP contribution in [-0.2, 0) is 6.42 Å². The Bertz CT molecular complexity index is 673. The largest absolute Gasteiger partial charge is 0.384 e. The number of carbonyl (C=O) groups excluding carboxylic acids is 1. The highest BCUT2D eigenvalue weighted by Crippen LogP contribution is 2.17. The normalized spacial score (nSPS) is 10.4. The van der Waals surface area contributed by atoms with E-state index < -0.39 is 0 Å². The average molecular weight is 349 g/mol. The van der Waals surface area contributed by atoms with Gasteiger partial charge in [-0.15, -0.1) is 0 Å². The van der Waals surface area contributed by atoms with Gasteiger partial charge in [-0.1, -0.05) is 13.3 Å². The third-order valence-corrected chi connectivity index (χ3v) is 3.77. The van der Waals surface area contributed by atoms with E-state index in [1.54, 1.807) is 18.2 Å². The molecule has 2 heterocycles. The maximum atomic E-state index is 12.3. The molecular formula is C15H17BrN4O. The van der Waals surface area contributed by atoms with Crippen LogP contribution in [-0.4, -0.2) is 15.9 Å². The number of nitrogens with two attached hydrogens (primary N) is 1. The Morgan fingerprint density at radius 3 is 2.76 bits per heavy atom. The van der Waals surface area contributed by atoms with Crippen molar-refractivity contribution < 1.29 is 4.79 Å². The zero-order valence-corrected chi connectivity index (χ0v) is 13.6. The Labute approximate surface area is 132 Å². The van der Waals surface area contributed by atoms with Gasteiger partial charge in [0.2, 0.25) is 0 Å². The van der Waals surface area contributed by atoms with E-state index in [-0.39, 0.29) is 5.91 Å². The van der Waals surface area contributed by atoms with Crippen LogP contribution in [0.2, 0.25) is 0 Å². The van der Waals surface area contributed by atoms with Crippen molar-refractivity contribution in [2.75, 3.05) is 11.1 Å². The zero-order valence-electron chi connectivity index (χ0n) is 12.0. The lowest BCUT2D eigenvalue weighted by Crippen LogP contribution is -2.14. The summed E-state index contributed by atoms with van der Waals surface area (Å²) >= 11 is 3.38. The van der Waals surface area contributed by atoms with E-state index >= 15 is 0 Å². The number of halogens is 1. The van der Waals surface area contributed by atoms with Gasteiger partial charge in [-0.05, 0) is 53.5 Å². The molecule has 0 aromatic carbocycles. The summed E-state index contributed by atoms with van der Waals surface area (Å²) in [4.78, 5) is 20.8. The van der Waals surface area contributed by atoms with Crippen molar-refractivity contribution in [3.8, 4) is 0 Å². The fourth-order valence-electron chi connectivity index (χ4n) is 1.93. The minimum atomic E-state index is -0.240. The second kappa shape index (κ2) is 6.67. The van der Waals surface area contributed by atoms with E-state index in [0.29, 0.717) is 17.2 Å². The molecule has 6 heteroatoms. The van der Waals surface area contributed by atoms with Crippen LogP contribution in [0.5, 0.6) is 0 Å². The highest BCUT2D eigenvalue weighted by atomic mass is 79.9. The predicted molar refractivity (Wildman–Crippen MR) is 87.3 cm³/mol. The minimum absolute atomic E-state index is 0.240. The highest BCUT2D eigenvalue weighted by Gasteiger charge is 2.10. The maximum Gasteiger partial charge on any atom is 0.257 e. The van der Waals surface area contributed by atoms with Gasteiger partial charge in [0.05, 0.1) is 5.69 Å². The fourth-order valence-corrected chi connectivity index (χ4v) is 2.15. The molecule has 1 amide bonds. The molecule has 0 atom stereocenters. The Hall–Kier alpha value is -1.95. The molecule has 110 valence electrons. The third kappa shape index (κ3) is 4.01. The molecule has 0 aliphatic carbocycles. The van der Waals surface area contributed by atoms with E-state index in [2.05, 4.69) is 38.1 Å². The van der Waals surface area contributed by atoms with Gasteiger partial charge in [-0.3, -0.25) is 4.79 Å². The number of amides is 1. The van der Waals surface area contributed by atoms with Gasteiger partial charge in [0.25, 0.3) is 5.91 Å². The summed E-state index contributed by atoms with van der Waals surface area (Å²) in [6.07, 6.45) is 1.74. The predicted octanol–water partition coefficient (Wildman–Crippen LogP) is 3.33. The van der Waals surface area contributed by atoms with Crippen LogP contribution in [0.25, 0.3) is 0 Å². The van der Waals surface area contributed by atoms with E-state index in [1.165, 1.54) is 0 Å². The first kappa shape index (κ1) is 15.4. The molecule has 2 aromatic rings. The summed E-state index contributed by atoms with van der Waals surface area (Å²) in [5.41, 5.74) is 7.88. The van der Waals surface area contributed by atoms with Crippen LogP contribution in [0.1, 0.15) is 35.1 Å². The molecule has 0 unspecified atom stereocenters. The summed E-state index contributed by atoms with van der Waals surface area (Å²) in [6, 6.07) is 6.93. The van der Waals surface area contributed by atoms with Crippen molar-refractivity contribution in [3.63, 3.8) is 0 Å². The first-order valence-electron chi connectivity index (χ1n) is 6.70. The van der Waals surface area contributed by atoms with E-state index in [1.807, 2.05) is 13.0 Å². The van der Waals surface area contributed by atoms with Crippen molar-refractivity contribution >= 4 is 33.5 Å². The van der Waals surface area contributed by atoms with Crippen LogP contribution < -0.4 is 11.1 Å². The molecule has 2 aromatic heterocycles. The van der Waals surface area contributed by atoms with Gasteiger partial charge in [0.1, 0.15) is 11.6 Å². The summed E-state index contributed by atoms with van der Waals surface area (Å²) in [5.74, 6) is 0.620. The average Bonchev–Trinajstić information content (AvgIpc) is 2.42. The fraction of sp³-hybridized carbons (Fsp3) is 0.267. The Kier molecular flexibility index (Phi) is 4.90. The van der Waals surface area contributed by atoms with Gasteiger partial charge in [-0.2, -0.15) is 0 Å². The van der Waals surface area contributed by atoms with Crippen molar-refractivity contribution in [2.45, 2.75) is 26.7 Å². The van der Waals surface area contributed by atoms with Crippen molar-refractivity contribution in [1.29, 1.82) is 0 Å². The van der Waals surface area contributed by atoms with E-state index in [4.69, 9.17) is 5.73 Å². The maximum absolute atomic E-state index is 12.3. The third-order valence-electron chi connectivity index (χ3n) is 2.93. The summed E-state index contributed by atoms with van der Waals surface area (Å²) in [5, 5.41) is 2.77. The summed E-state index contributed by atoms with van der Waals surface area (Å²) in [6.45, 7) is 3.92. The summed E-state index contributed by atoms with van der Waals surface area (Å²) in [7, 11) is 0. The van der Waals surface area contributed by atoms with Crippen LogP contribution in [0, 0.1) is 6.92 Å². The van der Waals surface area contributed by atoms with Gasteiger partial charge < -0.3 is 11.1 Å². The van der Waals surface area contributed by atoms with Crippen molar-refractivity contribution in [1.82, 2.24) is 9.97 Å². The van der Waals surface area contributed by atoms with Crippen LogP contribution in [0.3, 0.4) is 0 Å². The number of anilines is 2. The molecule has 0 aliphatic rings. The number of rotatable bonds is 4. The molecule has 21 heavy (non-hydrogen) atoms. The molecule has 0 bridgehead atoms. The summed E-state index contributed by atoms with van der Waals surface area (Å²) < 4.78 is 0.902. The van der Waals surface area contributed by atoms with Gasteiger partial charge in [0.15, 0.2) is 0 Å². The SMILES string of the molecule is CCCc1cc(C(=O)Nc2ccc(Br)c(C)n2)cc(N)n1. The highest BCUT2D eigenvalue weighted by molar-refractivity contribution is 9.10. The topological polar surface area (TPSA) is 80.9 Å². The van der Waals surface area contributed by atoms with E-state index in [0.717, 1.165) is 28.7 Å². The number of carbonyl (C=O) groups is 1. The second-order valence-electron chi connectivity index (χ2n) is 4.74. The number of nitrogens with zero attached hydrogens (tertiary/aromatic N) is 2. The van der Waals surface area contributed by atoms with Crippen molar-refractivity contribution in [2.24, 2.45) is 0 Å². The van der Waals surface area contributed by atoms with Gasteiger partial charge in [0, 0.05) is 15.7 Å². The number of hydrogen-bond acceptors (Lipinski definition) is 4. The molecule has 5 nitrogen and oxygen atoms in total. The van der Waals surface area contributed by atoms with Crippen LogP contribution in [0.4, 0.5) is 11.6 Å². The molecule has 0 saturated carbocycles. The number of aromatic nitrogens is 2. The Morgan fingerprint density at radius 2 is 2.10 bits per heavy atom. The number of nitrogens with one attached hydrogen (secondary N) is 1.